The summed E-state index contributed by atoms with van der Waals surface area (Å²) in [7, 11) is 0. The van der Waals surface area contributed by atoms with Gasteiger partial charge in [0, 0.05) is 18.0 Å². The number of hydrogen-bond donors (Lipinski definition) is 1. The number of carbonyl (C=O) groups excluding carboxylic acids is 2. The minimum absolute atomic E-state index is 0.0164. The standard InChI is InChI=1S/C23H27ClN4O3S/c1-5-28-20(13-25-21(30)19-7-6-10-31-19)26-27-22(28)32-14-17(29)12-15-11-16(23(2,3)4)8-9-18(15)24/h6-11H,5,12-14H2,1-4H3,(H,25,30). The van der Waals surface area contributed by atoms with Crippen molar-refractivity contribution in [1.82, 2.24) is 20.1 Å². The lowest BCUT2D eigenvalue weighted by Gasteiger charge is -2.20. The summed E-state index contributed by atoms with van der Waals surface area (Å²) in [4.78, 5) is 24.7. The number of furan rings is 1. The highest BCUT2D eigenvalue weighted by molar-refractivity contribution is 7.99. The van der Waals surface area contributed by atoms with E-state index in [0.29, 0.717) is 22.5 Å². The number of nitrogens with zero attached hydrogens (tertiary/aromatic N) is 3. The lowest BCUT2D eigenvalue weighted by molar-refractivity contribution is -0.116. The molecule has 1 amide bonds. The molecule has 0 aliphatic rings. The SMILES string of the molecule is CCn1c(CNC(=O)c2ccco2)nnc1SCC(=O)Cc1cc(C(C)(C)C)ccc1Cl. The fraction of sp³-hybridized carbons (Fsp3) is 0.391. The van der Waals surface area contributed by atoms with Crippen molar-refractivity contribution in [2.45, 2.75) is 57.8 Å². The number of Topliss-reactive ketones (excluding diaryl/α,β-unsaturated/α-hetero) is 1. The molecule has 3 aromatic rings. The van der Waals surface area contributed by atoms with E-state index < -0.39 is 0 Å². The monoisotopic (exact) mass is 474 g/mol. The van der Waals surface area contributed by atoms with Crippen molar-refractivity contribution >= 4 is 35.1 Å². The zero-order valence-corrected chi connectivity index (χ0v) is 20.2. The predicted octanol–water partition coefficient (Wildman–Crippen LogP) is 4.68. The van der Waals surface area contributed by atoms with Crippen LogP contribution in [0.4, 0.5) is 0 Å². The number of ketones is 1. The number of rotatable bonds is 9. The van der Waals surface area contributed by atoms with Crippen molar-refractivity contribution in [3.05, 3.63) is 64.3 Å². The van der Waals surface area contributed by atoms with Crippen molar-refractivity contribution in [2.75, 3.05) is 5.75 Å². The van der Waals surface area contributed by atoms with E-state index in [0.717, 1.165) is 11.1 Å². The van der Waals surface area contributed by atoms with E-state index >= 15 is 0 Å². The maximum atomic E-state index is 12.6. The Morgan fingerprint density at radius 3 is 2.66 bits per heavy atom. The number of amides is 1. The van der Waals surface area contributed by atoms with E-state index in [-0.39, 0.29) is 41.6 Å². The Hall–Kier alpha value is -2.58. The second-order valence-electron chi connectivity index (χ2n) is 8.36. The number of benzene rings is 1. The largest absolute Gasteiger partial charge is 0.459 e. The average Bonchev–Trinajstić information content (AvgIpc) is 3.41. The van der Waals surface area contributed by atoms with E-state index in [4.69, 9.17) is 16.0 Å². The number of aromatic nitrogens is 3. The molecule has 0 radical (unpaired) electrons. The molecular weight excluding hydrogens is 448 g/mol. The molecule has 7 nitrogen and oxygen atoms in total. The van der Waals surface area contributed by atoms with E-state index in [1.54, 1.807) is 12.1 Å². The summed E-state index contributed by atoms with van der Waals surface area (Å²) in [5.74, 6) is 0.846. The van der Waals surface area contributed by atoms with Crippen LogP contribution in [0.5, 0.6) is 0 Å². The first-order valence-corrected chi connectivity index (χ1v) is 11.7. The van der Waals surface area contributed by atoms with Crippen LogP contribution >= 0.6 is 23.4 Å². The molecule has 1 N–H and O–H groups in total. The van der Waals surface area contributed by atoms with Crippen LogP contribution < -0.4 is 5.32 Å². The van der Waals surface area contributed by atoms with Crippen LogP contribution in [0.3, 0.4) is 0 Å². The summed E-state index contributed by atoms with van der Waals surface area (Å²) in [6.07, 6.45) is 1.71. The zero-order valence-electron chi connectivity index (χ0n) is 18.6. The van der Waals surface area contributed by atoms with Gasteiger partial charge < -0.3 is 14.3 Å². The molecule has 9 heteroatoms. The first-order chi connectivity index (χ1) is 15.2. The Bertz CT molecular complexity index is 1090. The summed E-state index contributed by atoms with van der Waals surface area (Å²) in [6, 6.07) is 9.12. The number of halogens is 1. The van der Waals surface area contributed by atoms with E-state index in [2.05, 4.69) is 36.3 Å². The lowest BCUT2D eigenvalue weighted by Crippen LogP contribution is -2.24. The Morgan fingerprint density at radius 1 is 1.22 bits per heavy atom. The fourth-order valence-electron chi connectivity index (χ4n) is 3.11. The third-order valence-corrected chi connectivity index (χ3v) is 6.32. The number of hydrogen-bond acceptors (Lipinski definition) is 6. The van der Waals surface area contributed by atoms with Gasteiger partial charge in [0.1, 0.15) is 5.78 Å². The zero-order chi connectivity index (χ0) is 23.3. The molecule has 0 unspecified atom stereocenters. The van der Waals surface area contributed by atoms with Crippen LogP contribution in [0, 0.1) is 0 Å². The van der Waals surface area contributed by atoms with Crippen LogP contribution in [0.2, 0.25) is 5.02 Å². The summed E-state index contributed by atoms with van der Waals surface area (Å²) < 4.78 is 6.97. The molecule has 2 heterocycles. The van der Waals surface area contributed by atoms with Gasteiger partial charge in [0.2, 0.25) is 0 Å². The van der Waals surface area contributed by atoms with Crippen LogP contribution in [-0.2, 0) is 29.7 Å². The second-order valence-corrected chi connectivity index (χ2v) is 9.71. The molecule has 0 saturated heterocycles. The highest BCUT2D eigenvalue weighted by Gasteiger charge is 2.18. The van der Waals surface area contributed by atoms with E-state index in [1.165, 1.54) is 18.0 Å². The molecule has 0 bridgehead atoms. The van der Waals surface area contributed by atoms with Gasteiger partial charge in [0.25, 0.3) is 5.91 Å². The second kappa shape index (κ2) is 10.4. The van der Waals surface area contributed by atoms with Crippen molar-refractivity contribution in [3.63, 3.8) is 0 Å². The molecule has 0 atom stereocenters. The predicted molar refractivity (Wildman–Crippen MR) is 125 cm³/mol. The minimum atomic E-state index is -0.320. The van der Waals surface area contributed by atoms with E-state index in [1.807, 2.05) is 29.7 Å². The molecule has 32 heavy (non-hydrogen) atoms. The lowest BCUT2D eigenvalue weighted by atomic mass is 9.86. The molecule has 2 aromatic heterocycles. The third-order valence-electron chi connectivity index (χ3n) is 4.92. The molecule has 0 saturated carbocycles. The maximum Gasteiger partial charge on any atom is 0.287 e. The molecular formula is C23H27ClN4O3S. The Labute approximate surface area is 196 Å². The summed E-state index contributed by atoms with van der Waals surface area (Å²) in [5.41, 5.74) is 1.96. The first kappa shape index (κ1) is 24.1. The topological polar surface area (TPSA) is 90.0 Å². The Balaban J connectivity index is 1.60. The Kier molecular flexibility index (Phi) is 7.79. The molecule has 0 aliphatic heterocycles. The highest BCUT2D eigenvalue weighted by Crippen LogP contribution is 2.27. The summed E-state index contributed by atoms with van der Waals surface area (Å²) in [5, 5.41) is 12.4. The van der Waals surface area contributed by atoms with Gasteiger partial charge in [-0.2, -0.15) is 0 Å². The van der Waals surface area contributed by atoms with Gasteiger partial charge in [0.05, 0.1) is 18.6 Å². The van der Waals surface area contributed by atoms with E-state index in [9.17, 15) is 9.59 Å². The fourth-order valence-corrected chi connectivity index (χ4v) is 4.18. The molecule has 1 aromatic carbocycles. The Morgan fingerprint density at radius 2 is 2.00 bits per heavy atom. The van der Waals surface area contributed by atoms with Crippen LogP contribution in [-0.4, -0.2) is 32.2 Å². The minimum Gasteiger partial charge on any atom is -0.459 e. The smallest absolute Gasteiger partial charge is 0.287 e. The first-order valence-electron chi connectivity index (χ1n) is 10.4. The van der Waals surface area contributed by atoms with Crippen LogP contribution in [0.25, 0.3) is 0 Å². The van der Waals surface area contributed by atoms with Crippen molar-refractivity contribution in [1.29, 1.82) is 0 Å². The van der Waals surface area contributed by atoms with Crippen molar-refractivity contribution in [2.24, 2.45) is 0 Å². The summed E-state index contributed by atoms with van der Waals surface area (Å²) in [6.45, 7) is 9.18. The normalized spacial score (nSPS) is 11.5. The van der Waals surface area contributed by atoms with Crippen molar-refractivity contribution in [3.8, 4) is 0 Å². The number of carbonyl (C=O) groups is 2. The third kappa shape index (κ3) is 6.01. The maximum absolute atomic E-state index is 12.6. The van der Waals surface area contributed by atoms with Gasteiger partial charge in [0.15, 0.2) is 16.7 Å². The van der Waals surface area contributed by atoms with Gasteiger partial charge in [-0.25, -0.2) is 0 Å². The van der Waals surface area contributed by atoms with Gasteiger partial charge >= 0.3 is 0 Å². The van der Waals surface area contributed by atoms with Crippen LogP contribution in [0.1, 0.15) is 55.2 Å². The molecule has 0 aliphatic carbocycles. The molecule has 0 spiro atoms. The van der Waals surface area contributed by atoms with Gasteiger partial charge in [-0.3, -0.25) is 9.59 Å². The quantitative estimate of drug-likeness (QED) is 0.453. The van der Waals surface area contributed by atoms with Crippen LogP contribution in [0.15, 0.2) is 46.2 Å². The molecule has 0 fully saturated rings. The van der Waals surface area contributed by atoms with Gasteiger partial charge in [-0.1, -0.05) is 56.3 Å². The summed E-state index contributed by atoms with van der Waals surface area (Å²) >= 11 is 7.66. The molecule has 170 valence electrons. The number of nitrogens with one attached hydrogen (secondary N) is 1. The molecule has 3 rings (SSSR count). The average molecular weight is 475 g/mol. The van der Waals surface area contributed by atoms with Gasteiger partial charge in [-0.05, 0) is 41.7 Å². The highest BCUT2D eigenvalue weighted by atomic mass is 35.5. The number of thioether (sulfide) groups is 1. The van der Waals surface area contributed by atoms with Gasteiger partial charge in [-0.15, -0.1) is 10.2 Å². The van der Waals surface area contributed by atoms with Crippen molar-refractivity contribution < 1.29 is 14.0 Å².